The lowest BCUT2D eigenvalue weighted by Crippen LogP contribution is -2.07. The van der Waals surface area contributed by atoms with Crippen LogP contribution in [0.1, 0.15) is 56.6 Å². The van der Waals surface area contributed by atoms with E-state index in [1.807, 2.05) is 29.2 Å². The lowest BCUT2D eigenvalue weighted by atomic mass is 10.1. The van der Waals surface area contributed by atoms with Gasteiger partial charge in [-0.15, -0.1) is 0 Å². The van der Waals surface area contributed by atoms with Crippen LogP contribution in [-0.4, -0.2) is 28.9 Å². The maximum atomic E-state index is 4.80. The van der Waals surface area contributed by atoms with Crippen molar-refractivity contribution in [3.63, 3.8) is 0 Å². The van der Waals surface area contributed by atoms with E-state index in [-0.39, 0.29) is 5.92 Å². The van der Waals surface area contributed by atoms with E-state index in [1.54, 1.807) is 0 Å². The highest BCUT2D eigenvalue weighted by Gasteiger charge is 2.17. The standard InChI is InChI=1S/C19H22N6/c1-12(2)16-17-19(23-18(22-16)13(3)4)25(11-21-17)10-14-5-6-15-20-7-8-24(15)9-14/h5-9,11-13H,10H2,1-4H3. The van der Waals surface area contributed by atoms with Gasteiger partial charge in [0, 0.05) is 24.5 Å². The van der Waals surface area contributed by atoms with Gasteiger partial charge in [-0.25, -0.2) is 19.9 Å². The molecule has 0 bridgehead atoms. The molecule has 0 aliphatic rings. The summed E-state index contributed by atoms with van der Waals surface area (Å²) in [5, 5.41) is 0. The molecule has 0 fully saturated rings. The molecule has 0 unspecified atom stereocenters. The molecule has 6 nitrogen and oxygen atoms in total. The van der Waals surface area contributed by atoms with Crippen molar-refractivity contribution in [3.8, 4) is 0 Å². The summed E-state index contributed by atoms with van der Waals surface area (Å²) in [5.41, 5.74) is 4.97. The summed E-state index contributed by atoms with van der Waals surface area (Å²) in [6.07, 6.45) is 7.74. The van der Waals surface area contributed by atoms with E-state index in [9.17, 15) is 0 Å². The Labute approximate surface area is 146 Å². The molecule has 4 aromatic heterocycles. The number of imidazole rings is 2. The van der Waals surface area contributed by atoms with Crippen LogP contribution in [0.4, 0.5) is 0 Å². The average molecular weight is 334 g/mol. The van der Waals surface area contributed by atoms with Crippen molar-refractivity contribution in [1.29, 1.82) is 0 Å². The lowest BCUT2D eigenvalue weighted by molar-refractivity contribution is 0.731. The van der Waals surface area contributed by atoms with Gasteiger partial charge in [0.1, 0.15) is 17.0 Å². The van der Waals surface area contributed by atoms with Gasteiger partial charge < -0.3 is 8.97 Å². The number of rotatable bonds is 4. The molecule has 4 aromatic rings. The molecule has 0 aliphatic heterocycles. The van der Waals surface area contributed by atoms with Crippen molar-refractivity contribution in [2.24, 2.45) is 0 Å². The van der Waals surface area contributed by atoms with Crippen LogP contribution in [0.3, 0.4) is 0 Å². The van der Waals surface area contributed by atoms with Gasteiger partial charge in [-0.2, -0.15) is 0 Å². The number of nitrogens with zero attached hydrogens (tertiary/aromatic N) is 6. The summed E-state index contributed by atoms with van der Waals surface area (Å²) in [4.78, 5) is 18.5. The van der Waals surface area contributed by atoms with Crippen LogP contribution >= 0.6 is 0 Å². The molecule has 0 spiro atoms. The third kappa shape index (κ3) is 2.77. The monoisotopic (exact) mass is 334 g/mol. The number of hydrogen-bond acceptors (Lipinski definition) is 4. The highest BCUT2D eigenvalue weighted by Crippen LogP contribution is 2.24. The zero-order valence-electron chi connectivity index (χ0n) is 15.0. The van der Waals surface area contributed by atoms with Crippen molar-refractivity contribution in [2.75, 3.05) is 0 Å². The summed E-state index contributed by atoms with van der Waals surface area (Å²) in [6, 6.07) is 4.13. The topological polar surface area (TPSA) is 60.9 Å². The Kier molecular flexibility index (Phi) is 3.75. The number of fused-ring (bicyclic) bond motifs is 2. The van der Waals surface area contributed by atoms with E-state index < -0.39 is 0 Å². The molecule has 4 heterocycles. The Bertz CT molecular complexity index is 1040. The fraction of sp³-hybridized carbons (Fsp3) is 0.368. The molecule has 0 aliphatic carbocycles. The molecule has 6 heteroatoms. The van der Waals surface area contributed by atoms with Crippen molar-refractivity contribution in [3.05, 3.63) is 54.1 Å². The zero-order chi connectivity index (χ0) is 17.6. The van der Waals surface area contributed by atoms with Crippen LogP contribution in [0.25, 0.3) is 16.8 Å². The van der Waals surface area contributed by atoms with Gasteiger partial charge in [0.05, 0.1) is 18.6 Å². The van der Waals surface area contributed by atoms with Crippen LogP contribution in [0.5, 0.6) is 0 Å². The summed E-state index contributed by atoms with van der Waals surface area (Å²) >= 11 is 0. The molecule has 4 rings (SSSR count). The normalized spacial score (nSPS) is 12.1. The molecule has 0 radical (unpaired) electrons. The van der Waals surface area contributed by atoms with Crippen molar-refractivity contribution >= 4 is 16.8 Å². The SMILES string of the molecule is CC(C)c1nc(C(C)C)c2ncn(Cc3ccc4nccn4c3)c2n1. The first-order valence-electron chi connectivity index (χ1n) is 8.67. The average Bonchev–Trinajstić information content (AvgIpc) is 3.20. The predicted molar refractivity (Wildman–Crippen MR) is 97.8 cm³/mol. The van der Waals surface area contributed by atoms with Crippen LogP contribution < -0.4 is 0 Å². The Morgan fingerprint density at radius 3 is 2.60 bits per heavy atom. The first-order chi connectivity index (χ1) is 12.0. The molecule has 0 aromatic carbocycles. The lowest BCUT2D eigenvalue weighted by Gasteiger charge is -2.11. The highest BCUT2D eigenvalue weighted by molar-refractivity contribution is 5.74. The minimum Gasteiger partial charge on any atom is -0.311 e. The Morgan fingerprint density at radius 2 is 1.84 bits per heavy atom. The molecule has 0 saturated heterocycles. The quantitative estimate of drug-likeness (QED) is 0.570. The molecular weight excluding hydrogens is 312 g/mol. The second-order valence-corrected chi connectivity index (χ2v) is 7.05. The second-order valence-electron chi connectivity index (χ2n) is 7.05. The molecule has 0 amide bonds. The predicted octanol–water partition coefficient (Wildman–Crippen LogP) is 3.77. The molecule has 0 N–H and O–H groups in total. The number of pyridine rings is 1. The summed E-state index contributed by atoms with van der Waals surface area (Å²) < 4.78 is 4.13. The maximum Gasteiger partial charge on any atom is 0.164 e. The summed E-state index contributed by atoms with van der Waals surface area (Å²) in [6.45, 7) is 9.27. The third-order valence-corrected chi connectivity index (χ3v) is 4.37. The Morgan fingerprint density at radius 1 is 1.00 bits per heavy atom. The van der Waals surface area contributed by atoms with Gasteiger partial charge in [-0.05, 0) is 17.5 Å². The van der Waals surface area contributed by atoms with E-state index in [0.717, 1.165) is 34.9 Å². The number of hydrogen-bond donors (Lipinski definition) is 0. The molecule has 128 valence electrons. The molecule has 25 heavy (non-hydrogen) atoms. The zero-order valence-corrected chi connectivity index (χ0v) is 15.0. The van der Waals surface area contributed by atoms with Gasteiger partial charge in [-0.3, -0.25) is 0 Å². The fourth-order valence-electron chi connectivity index (χ4n) is 3.02. The minimum atomic E-state index is 0.285. The first-order valence-corrected chi connectivity index (χ1v) is 8.67. The van der Waals surface area contributed by atoms with E-state index in [1.165, 1.54) is 5.56 Å². The smallest absolute Gasteiger partial charge is 0.164 e. The first kappa shape index (κ1) is 15.7. The minimum absolute atomic E-state index is 0.285. The largest absolute Gasteiger partial charge is 0.311 e. The summed E-state index contributed by atoms with van der Waals surface area (Å²) in [5.74, 6) is 1.48. The van der Waals surface area contributed by atoms with Gasteiger partial charge >= 0.3 is 0 Å². The van der Waals surface area contributed by atoms with E-state index in [0.29, 0.717) is 5.92 Å². The Balaban J connectivity index is 1.81. The van der Waals surface area contributed by atoms with Gasteiger partial charge in [0.15, 0.2) is 5.65 Å². The van der Waals surface area contributed by atoms with Crippen molar-refractivity contribution in [2.45, 2.75) is 46.1 Å². The molecule has 0 saturated carbocycles. The van der Waals surface area contributed by atoms with E-state index >= 15 is 0 Å². The second kappa shape index (κ2) is 5.95. The van der Waals surface area contributed by atoms with Gasteiger partial charge in [-0.1, -0.05) is 33.8 Å². The Hall–Kier alpha value is -2.76. The maximum absolute atomic E-state index is 4.80. The number of aromatic nitrogens is 6. The third-order valence-electron chi connectivity index (χ3n) is 4.37. The van der Waals surface area contributed by atoms with Crippen LogP contribution in [0.2, 0.25) is 0 Å². The summed E-state index contributed by atoms with van der Waals surface area (Å²) in [7, 11) is 0. The van der Waals surface area contributed by atoms with Crippen LogP contribution in [-0.2, 0) is 6.54 Å². The van der Waals surface area contributed by atoms with E-state index in [2.05, 4.69) is 54.5 Å². The van der Waals surface area contributed by atoms with Crippen LogP contribution in [0.15, 0.2) is 37.1 Å². The van der Waals surface area contributed by atoms with Gasteiger partial charge in [0.2, 0.25) is 0 Å². The fourth-order valence-corrected chi connectivity index (χ4v) is 3.02. The highest BCUT2D eigenvalue weighted by atomic mass is 15.1. The molecular formula is C19H22N6. The van der Waals surface area contributed by atoms with Gasteiger partial charge in [0.25, 0.3) is 0 Å². The van der Waals surface area contributed by atoms with Crippen LogP contribution in [0, 0.1) is 0 Å². The van der Waals surface area contributed by atoms with Crippen molar-refractivity contribution < 1.29 is 0 Å². The molecule has 0 atom stereocenters. The van der Waals surface area contributed by atoms with Crippen molar-refractivity contribution in [1.82, 2.24) is 28.9 Å². The van der Waals surface area contributed by atoms with E-state index in [4.69, 9.17) is 9.97 Å².